The Kier molecular flexibility index (Phi) is 5.79. The van der Waals surface area contributed by atoms with Gasteiger partial charge in [-0.15, -0.1) is 0 Å². The lowest BCUT2D eigenvalue weighted by Crippen LogP contribution is -2.15. The molecule has 0 unspecified atom stereocenters. The summed E-state index contributed by atoms with van der Waals surface area (Å²) in [4.78, 5) is 16.0. The van der Waals surface area contributed by atoms with Gasteiger partial charge in [0.25, 0.3) is 0 Å². The fourth-order valence-corrected chi connectivity index (χ4v) is 3.67. The van der Waals surface area contributed by atoms with Crippen LogP contribution in [0.15, 0.2) is 79.0 Å². The van der Waals surface area contributed by atoms with Crippen LogP contribution in [0, 0.1) is 0 Å². The summed E-state index contributed by atoms with van der Waals surface area (Å²) in [5.74, 6) is -0.512. The number of primary amides is 1. The van der Waals surface area contributed by atoms with Gasteiger partial charge in [0.05, 0.1) is 11.3 Å². The van der Waals surface area contributed by atoms with Gasteiger partial charge in [-0.3, -0.25) is 9.36 Å². The molecule has 0 atom stereocenters. The predicted octanol–water partition coefficient (Wildman–Crippen LogP) is 5.55. The van der Waals surface area contributed by atoms with Gasteiger partial charge in [-0.25, -0.2) is 4.98 Å². The number of rotatable bonds is 5. The zero-order valence-corrected chi connectivity index (χ0v) is 18.5. The molecule has 0 fully saturated rings. The van der Waals surface area contributed by atoms with Crippen LogP contribution in [0.3, 0.4) is 0 Å². The number of amides is 1. The lowest BCUT2D eigenvalue weighted by molar-refractivity contribution is -0.137. The number of aliphatic hydroxyl groups is 1. The highest BCUT2D eigenvalue weighted by atomic mass is 19.4. The average molecular weight is 465 g/mol. The summed E-state index contributed by atoms with van der Waals surface area (Å²) in [6.07, 6.45) is -3.05. The minimum Gasteiger partial charge on any atom is -0.384 e. The van der Waals surface area contributed by atoms with E-state index in [1.807, 2.05) is 12.1 Å². The monoisotopic (exact) mass is 465 g/mol. The SMILES string of the molecule is CC(C)(O)c1cn(-c2cccc(-c3cccc(C(N)=O)c3)c2)c(-c2ccccc2C(F)(F)F)n1. The van der Waals surface area contributed by atoms with Crippen molar-refractivity contribution in [2.24, 2.45) is 5.73 Å². The number of alkyl halides is 3. The van der Waals surface area contributed by atoms with Crippen molar-refractivity contribution in [3.8, 4) is 28.2 Å². The zero-order valence-electron chi connectivity index (χ0n) is 18.5. The number of aromatic nitrogens is 2. The largest absolute Gasteiger partial charge is 0.417 e. The van der Waals surface area contributed by atoms with E-state index in [1.165, 1.54) is 42.8 Å². The Morgan fingerprint density at radius 3 is 2.24 bits per heavy atom. The number of hydrogen-bond acceptors (Lipinski definition) is 3. The van der Waals surface area contributed by atoms with Crippen molar-refractivity contribution in [1.29, 1.82) is 0 Å². The molecule has 0 aliphatic rings. The fourth-order valence-electron chi connectivity index (χ4n) is 3.67. The van der Waals surface area contributed by atoms with Gasteiger partial charge in [0.1, 0.15) is 11.4 Å². The molecule has 0 aliphatic heterocycles. The van der Waals surface area contributed by atoms with Crippen molar-refractivity contribution in [2.45, 2.75) is 25.6 Å². The van der Waals surface area contributed by atoms with E-state index in [0.29, 0.717) is 11.3 Å². The third kappa shape index (κ3) is 4.58. The summed E-state index contributed by atoms with van der Waals surface area (Å²) < 4.78 is 42.8. The number of imidazole rings is 1. The topological polar surface area (TPSA) is 81.1 Å². The summed E-state index contributed by atoms with van der Waals surface area (Å²) in [6.45, 7) is 3.04. The maximum atomic E-state index is 13.8. The molecule has 0 radical (unpaired) electrons. The molecule has 174 valence electrons. The van der Waals surface area contributed by atoms with Gasteiger partial charge >= 0.3 is 6.18 Å². The second kappa shape index (κ2) is 8.46. The molecule has 8 heteroatoms. The molecule has 3 aromatic carbocycles. The van der Waals surface area contributed by atoms with Crippen molar-refractivity contribution in [2.75, 3.05) is 0 Å². The first-order chi connectivity index (χ1) is 15.9. The van der Waals surface area contributed by atoms with Crippen molar-refractivity contribution in [1.82, 2.24) is 9.55 Å². The molecule has 0 bridgehead atoms. The number of nitrogens with zero attached hydrogens (tertiary/aromatic N) is 2. The lowest BCUT2D eigenvalue weighted by Gasteiger charge is -2.15. The van der Waals surface area contributed by atoms with Crippen LogP contribution in [-0.4, -0.2) is 20.6 Å². The summed E-state index contributed by atoms with van der Waals surface area (Å²) in [5.41, 5.74) is 5.64. The molecule has 4 rings (SSSR count). The number of hydrogen-bond donors (Lipinski definition) is 2. The highest BCUT2D eigenvalue weighted by molar-refractivity contribution is 5.94. The molecule has 0 aliphatic carbocycles. The van der Waals surface area contributed by atoms with Crippen LogP contribution in [0.25, 0.3) is 28.2 Å². The second-order valence-corrected chi connectivity index (χ2v) is 8.42. The molecular weight excluding hydrogens is 443 g/mol. The van der Waals surface area contributed by atoms with Crippen LogP contribution < -0.4 is 5.73 Å². The van der Waals surface area contributed by atoms with Crippen LogP contribution in [-0.2, 0) is 11.8 Å². The maximum absolute atomic E-state index is 13.8. The van der Waals surface area contributed by atoms with E-state index in [2.05, 4.69) is 4.98 Å². The van der Waals surface area contributed by atoms with Crippen LogP contribution in [0.5, 0.6) is 0 Å². The number of carbonyl (C=O) groups excluding carboxylic acids is 1. The average Bonchev–Trinajstić information content (AvgIpc) is 3.25. The Balaban J connectivity index is 1.92. The molecule has 1 aromatic heterocycles. The molecule has 0 saturated heterocycles. The standard InChI is InChI=1S/C26H22F3N3O2/c1-25(2,34)22-15-32(24(31-22)20-11-3-4-12-21(20)26(27,28)29)19-10-6-8-17(14-19)16-7-5-9-18(13-16)23(30)33/h3-15,34H,1-2H3,(H2,30,33). The van der Waals surface area contributed by atoms with Crippen LogP contribution in [0.4, 0.5) is 13.2 Å². The third-order valence-corrected chi connectivity index (χ3v) is 5.41. The smallest absolute Gasteiger partial charge is 0.384 e. The van der Waals surface area contributed by atoms with E-state index in [0.717, 1.165) is 17.2 Å². The summed E-state index contributed by atoms with van der Waals surface area (Å²) in [5, 5.41) is 10.5. The first-order valence-corrected chi connectivity index (χ1v) is 10.4. The van der Waals surface area contributed by atoms with Gasteiger partial charge in [-0.05, 0) is 55.3 Å². The molecule has 4 aromatic rings. The normalized spacial score (nSPS) is 12.1. The third-order valence-electron chi connectivity index (χ3n) is 5.41. The molecule has 3 N–H and O–H groups in total. The molecule has 1 heterocycles. The highest BCUT2D eigenvalue weighted by Crippen LogP contribution is 2.38. The Labute approximate surface area is 194 Å². The Morgan fingerprint density at radius 1 is 0.941 bits per heavy atom. The van der Waals surface area contributed by atoms with Crippen molar-refractivity contribution in [3.05, 3.63) is 95.8 Å². The number of carbonyl (C=O) groups is 1. The molecule has 0 spiro atoms. The van der Waals surface area contributed by atoms with Crippen LogP contribution in [0.1, 0.15) is 35.5 Å². The van der Waals surface area contributed by atoms with Crippen LogP contribution in [0.2, 0.25) is 0 Å². The maximum Gasteiger partial charge on any atom is 0.417 e. The predicted molar refractivity (Wildman–Crippen MR) is 123 cm³/mol. The van der Waals surface area contributed by atoms with Crippen molar-refractivity contribution < 1.29 is 23.1 Å². The first-order valence-electron chi connectivity index (χ1n) is 10.4. The molecule has 1 amide bonds. The lowest BCUT2D eigenvalue weighted by atomic mass is 10.0. The van der Waals surface area contributed by atoms with E-state index < -0.39 is 23.2 Å². The molecule has 5 nitrogen and oxygen atoms in total. The quantitative estimate of drug-likeness (QED) is 0.405. The van der Waals surface area contributed by atoms with Gasteiger partial charge in [0.2, 0.25) is 5.91 Å². The Morgan fingerprint density at radius 2 is 1.59 bits per heavy atom. The number of benzene rings is 3. The Hall–Kier alpha value is -3.91. The second-order valence-electron chi connectivity index (χ2n) is 8.42. The van der Waals surface area contributed by atoms with Gasteiger partial charge in [-0.1, -0.05) is 42.5 Å². The molecular formula is C26H22F3N3O2. The van der Waals surface area contributed by atoms with E-state index in [-0.39, 0.29) is 17.1 Å². The summed E-state index contributed by atoms with van der Waals surface area (Å²) in [7, 11) is 0. The van der Waals surface area contributed by atoms with Crippen molar-refractivity contribution >= 4 is 5.91 Å². The summed E-state index contributed by atoms with van der Waals surface area (Å²) in [6, 6.07) is 19.0. The van der Waals surface area contributed by atoms with E-state index >= 15 is 0 Å². The van der Waals surface area contributed by atoms with E-state index in [9.17, 15) is 23.1 Å². The Bertz CT molecular complexity index is 1370. The van der Waals surface area contributed by atoms with Gasteiger partial charge in [0, 0.05) is 23.0 Å². The van der Waals surface area contributed by atoms with E-state index in [4.69, 9.17) is 5.73 Å². The molecule has 0 saturated carbocycles. The summed E-state index contributed by atoms with van der Waals surface area (Å²) >= 11 is 0. The number of halogens is 3. The van der Waals surface area contributed by atoms with E-state index in [1.54, 1.807) is 36.4 Å². The minimum atomic E-state index is -4.58. The first kappa shape index (κ1) is 23.3. The fraction of sp³-hybridized carbons (Fsp3) is 0.154. The van der Waals surface area contributed by atoms with Gasteiger partial charge in [-0.2, -0.15) is 13.2 Å². The van der Waals surface area contributed by atoms with Crippen molar-refractivity contribution in [3.63, 3.8) is 0 Å². The molecule has 34 heavy (non-hydrogen) atoms. The van der Waals surface area contributed by atoms with Gasteiger partial charge < -0.3 is 10.8 Å². The minimum absolute atomic E-state index is 0.0492. The number of nitrogens with two attached hydrogens (primary N) is 1. The zero-order chi connectivity index (χ0) is 24.7. The van der Waals surface area contributed by atoms with Crippen LogP contribution >= 0.6 is 0 Å². The highest BCUT2D eigenvalue weighted by Gasteiger charge is 2.35. The van der Waals surface area contributed by atoms with Gasteiger partial charge in [0.15, 0.2) is 0 Å².